The Morgan fingerprint density at radius 2 is 0.734 bits per heavy atom. The summed E-state index contributed by atoms with van der Waals surface area (Å²) < 4.78 is 14.0. The molecule has 5 heteroatoms. The number of nitrogens with zero attached hydrogens (tertiary/aromatic N) is 2. The van der Waals surface area contributed by atoms with Crippen molar-refractivity contribution in [2.24, 2.45) is 9.98 Å². The standard InChI is InChI=1S/C59H41N3O2/c60-56(46-32-20-36-50-54(46)63-52-38-18-16-34-48(52)58(50,42-24-8-2-9-25-42)43-26-10-3-11-27-43)62-57(61-40-41-22-6-1-7-23-41)47-33-21-37-51-55(47)64-53-39-19-17-35-49(53)59(51,44-28-12-4-13-29-44)45-30-14-5-15-31-45/h1-40,60H. The number of nitrogens with one attached hydrogen (secondary N) is 1. The second kappa shape index (κ2) is 16.1. The lowest BCUT2D eigenvalue weighted by Gasteiger charge is -2.42. The molecule has 1 N–H and O–H groups in total. The quantitative estimate of drug-likeness (QED) is 0.128. The number of para-hydroxylation sites is 4. The molecule has 0 saturated heterocycles. The van der Waals surface area contributed by atoms with Crippen LogP contribution in [0, 0.1) is 5.41 Å². The van der Waals surface area contributed by atoms with Crippen molar-refractivity contribution in [3.05, 3.63) is 298 Å². The highest BCUT2D eigenvalue weighted by Gasteiger charge is 2.47. The number of aliphatic imine (C=N–C) groups is 2. The number of amidine groups is 2. The van der Waals surface area contributed by atoms with Crippen molar-refractivity contribution in [1.29, 1.82) is 5.41 Å². The molecule has 0 aromatic heterocycles. The van der Waals surface area contributed by atoms with Crippen LogP contribution in [-0.2, 0) is 10.8 Å². The molecule has 2 aliphatic rings. The molecule has 64 heavy (non-hydrogen) atoms. The summed E-state index contributed by atoms with van der Waals surface area (Å²) in [5.41, 5.74) is 8.89. The minimum absolute atomic E-state index is 0.00217. The molecule has 2 heterocycles. The van der Waals surface area contributed by atoms with Crippen molar-refractivity contribution < 1.29 is 9.47 Å². The van der Waals surface area contributed by atoms with Gasteiger partial charge in [-0.2, -0.15) is 0 Å². The summed E-state index contributed by atoms with van der Waals surface area (Å²) in [4.78, 5) is 10.3. The maximum atomic E-state index is 9.98. The maximum absolute atomic E-state index is 9.98. The fourth-order valence-corrected chi connectivity index (χ4v) is 9.82. The molecule has 304 valence electrons. The summed E-state index contributed by atoms with van der Waals surface area (Å²) in [6.45, 7) is 0. The van der Waals surface area contributed by atoms with E-state index in [-0.39, 0.29) is 5.84 Å². The van der Waals surface area contributed by atoms with Gasteiger partial charge in [0.25, 0.3) is 0 Å². The van der Waals surface area contributed by atoms with Gasteiger partial charge in [-0.1, -0.05) is 212 Å². The van der Waals surface area contributed by atoms with Gasteiger partial charge in [0.05, 0.1) is 22.0 Å². The van der Waals surface area contributed by atoms with Gasteiger partial charge in [0, 0.05) is 28.5 Å². The van der Waals surface area contributed by atoms with Crippen LogP contribution in [0.1, 0.15) is 61.2 Å². The molecule has 11 rings (SSSR count). The van der Waals surface area contributed by atoms with Crippen LogP contribution < -0.4 is 9.47 Å². The Kier molecular flexibility index (Phi) is 9.70. The number of fused-ring (bicyclic) bond motifs is 4. The van der Waals surface area contributed by atoms with Gasteiger partial charge in [0.2, 0.25) is 0 Å². The molecule has 2 aliphatic heterocycles. The van der Waals surface area contributed by atoms with Crippen LogP contribution in [-0.4, -0.2) is 17.9 Å². The Balaban J connectivity index is 1.14. The van der Waals surface area contributed by atoms with Crippen LogP contribution >= 0.6 is 0 Å². The van der Waals surface area contributed by atoms with Gasteiger partial charge in [-0.15, -0.1) is 0 Å². The summed E-state index contributed by atoms with van der Waals surface area (Å²) >= 11 is 0. The van der Waals surface area contributed by atoms with E-state index in [1.807, 2.05) is 103 Å². The SMILES string of the molecule is N=C(N=C(N=Cc1ccccc1)c1cccc2c1Oc1ccccc1C2(c1ccccc1)c1ccccc1)c1cccc2c1Oc1ccccc1C2(c1ccccc1)c1ccccc1. The lowest BCUT2D eigenvalue weighted by molar-refractivity contribution is 0.433. The predicted octanol–water partition coefficient (Wildman–Crippen LogP) is 13.6. The van der Waals surface area contributed by atoms with E-state index in [2.05, 4.69) is 133 Å². The number of ether oxygens (including phenoxy) is 2. The molecule has 0 fully saturated rings. The third-order valence-corrected chi connectivity index (χ3v) is 12.5. The lowest BCUT2D eigenvalue weighted by Crippen LogP contribution is -2.34. The molecule has 0 atom stereocenters. The van der Waals surface area contributed by atoms with Gasteiger partial charge in [0.1, 0.15) is 23.0 Å². The van der Waals surface area contributed by atoms with E-state index < -0.39 is 10.8 Å². The molecule has 0 spiro atoms. The summed E-state index contributed by atoms with van der Waals surface area (Å²) in [6.07, 6.45) is 1.80. The molecule has 9 aromatic rings. The van der Waals surface area contributed by atoms with Crippen molar-refractivity contribution >= 4 is 17.9 Å². The molecular formula is C59H41N3O2. The van der Waals surface area contributed by atoms with Gasteiger partial charge in [-0.25, -0.2) is 9.98 Å². The third-order valence-electron chi connectivity index (χ3n) is 12.5. The Hall–Kier alpha value is -8.41. The second-order valence-electron chi connectivity index (χ2n) is 16.0. The van der Waals surface area contributed by atoms with E-state index in [9.17, 15) is 5.41 Å². The van der Waals surface area contributed by atoms with Gasteiger partial charge < -0.3 is 9.47 Å². The van der Waals surface area contributed by atoms with Crippen molar-refractivity contribution in [2.75, 3.05) is 0 Å². The predicted molar refractivity (Wildman–Crippen MR) is 257 cm³/mol. The Morgan fingerprint density at radius 3 is 1.19 bits per heavy atom. The highest BCUT2D eigenvalue weighted by molar-refractivity contribution is 6.15. The number of hydrogen-bond donors (Lipinski definition) is 1. The smallest absolute Gasteiger partial charge is 0.165 e. The third kappa shape index (κ3) is 6.20. The summed E-state index contributed by atoms with van der Waals surface area (Å²) in [7, 11) is 0. The number of rotatable bonds is 7. The molecule has 0 unspecified atom stereocenters. The van der Waals surface area contributed by atoms with Crippen molar-refractivity contribution in [3.63, 3.8) is 0 Å². The Morgan fingerprint density at radius 1 is 0.375 bits per heavy atom. The van der Waals surface area contributed by atoms with Crippen LogP contribution in [0.25, 0.3) is 0 Å². The zero-order valence-electron chi connectivity index (χ0n) is 34.8. The van der Waals surface area contributed by atoms with E-state index in [0.29, 0.717) is 28.5 Å². The minimum Gasteiger partial charge on any atom is -0.456 e. The average Bonchev–Trinajstić information content (AvgIpc) is 3.37. The molecule has 0 radical (unpaired) electrons. The van der Waals surface area contributed by atoms with Crippen LogP contribution in [0.3, 0.4) is 0 Å². The molecule has 9 aromatic carbocycles. The van der Waals surface area contributed by atoms with Gasteiger partial charge in [-0.05, 0) is 52.1 Å². The lowest BCUT2D eigenvalue weighted by atomic mass is 9.63. The number of hydrogen-bond acceptors (Lipinski definition) is 3. The van der Waals surface area contributed by atoms with Crippen LogP contribution in [0.5, 0.6) is 23.0 Å². The molecule has 5 nitrogen and oxygen atoms in total. The van der Waals surface area contributed by atoms with E-state index in [4.69, 9.17) is 19.5 Å². The maximum Gasteiger partial charge on any atom is 0.165 e. The van der Waals surface area contributed by atoms with Gasteiger partial charge in [0.15, 0.2) is 11.7 Å². The Bertz CT molecular complexity index is 3140. The first-order chi connectivity index (χ1) is 31.7. The van der Waals surface area contributed by atoms with E-state index in [0.717, 1.165) is 61.6 Å². The van der Waals surface area contributed by atoms with Crippen molar-refractivity contribution in [2.45, 2.75) is 10.8 Å². The fraction of sp³-hybridized carbons (Fsp3) is 0.0339. The van der Waals surface area contributed by atoms with Crippen LogP contribution in [0.4, 0.5) is 0 Å². The topological polar surface area (TPSA) is 67.0 Å². The summed E-state index contributed by atoms with van der Waals surface area (Å²) in [5.74, 6) is 2.97. The van der Waals surface area contributed by atoms with E-state index in [1.165, 1.54) is 0 Å². The van der Waals surface area contributed by atoms with Gasteiger partial charge in [-0.3, -0.25) is 5.41 Å². The van der Waals surface area contributed by atoms with Crippen molar-refractivity contribution in [1.82, 2.24) is 0 Å². The first-order valence-electron chi connectivity index (χ1n) is 21.5. The Labute approximate surface area is 372 Å². The summed E-state index contributed by atoms with van der Waals surface area (Å²) in [5, 5.41) is 9.98. The zero-order valence-corrected chi connectivity index (χ0v) is 34.8. The van der Waals surface area contributed by atoms with E-state index >= 15 is 0 Å². The highest BCUT2D eigenvalue weighted by atomic mass is 16.5. The van der Waals surface area contributed by atoms with E-state index in [1.54, 1.807) is 6.21 Å². The first-order valence-corrected chi connectivity index (χ1v) is 21.5. The highest BCUT2D eigenvalue weighted by Crippen LogP contribution is 2.58. The molecule has 0 bridgehead atoms. The monoisotopic (exact) mass is 823 g/mol. The average molecular weight is 824 g/mol. The summed E-state index contributed by atoms with van der Waals surface area (Å²) in [6, 6.07) is 80.9. The zero-order chi connectivity index (χ0) is 42.9. The number of benzene rings is 9. The molecule has 0 aliphatic carbocycles. The molecule has 0 saturated carbocycles. The second-order valence-corrected chi connectivity index (χ2v) is 16.0. The molecular weight excluding hydrogens is 783 g/mol. The fourth-order valence-electron chi connectivity index (χ4n) is 9.82. The normalized spacial score (nSPS) is 14.2. The van der Waals surface area contributed by atoms with Crippen molar-refractivity contribution in [3.8, 4) is 23.0 Å². The largest absolute Gasteiger partial charge is 0.456 e. The first kappa shape index (κ1) is 38.5. The van der Waals surface area contributed by atoms with Crippen LogP contribution in [0.15, 0.2) is 247 Å². The minimum atomic E-state index is -0.751. The molecule has 0 amide bonds. The van der Waals surface area contributed by atoms with Crippen LogP contribution in [0.2, 0.25) is 0 Å². The van der Waals surface area contributed by atoms with Gasteiger partial charge >= 0.3 is 0 Å².